The maximum absolute atomic E-state index is 12.7. The third kappa shape index (κ3) is 3.36. The van der Waals surface area contributed by atoms with E-state index in [4.69, 9.17) is 4.42 Å². The molecule has 9 heteroatoms. The second kappa shape index (κ2) is 7.34. The first kappa shape index (κ1) is 17.4. The maximum Gasteiger partial charge on any atom is 0.276 e. The SMILES string of the molecule is CCc1ocnc1C(=O)N1CCC(c2nnc(Cn3ccnc3)n2C)CC1. The van der Waals surface area contributed by atoms with Gasteiger partial charge in [-0.25, -0.2) is 9.97 Å². The molecule has 4 heterocycles. The average Bonchev–Trinajstić information content (AvgIpc) is 3.44. The molecule has 0 N–H and O–H groups in total. The number of oxazole rings is 1. The first-order chi connectivity index (χ1) is 13.2. The number of aromatic nitrogens is 6. The second-order valence-corrected chi connectivity index (χ2v) is 6.81. The molecule has 0 aromatic carbocycles. The summed E-state index contributed by atoms with van der Waals surface area (Å²) < 4.78 is 9.33. The number of piperidine rings is 1. The van der Waals surface area contributed by atoms with Crippen molar-refractivity contribution in [2.75, 3.05) is 13.1 Å². The van der Waals surface area contributed by atoms with E-state index < -0.39 is 0 Å². The van der Waals surface area contributed by atoms with Gasteiger partial charge in [-0.3, -0.25) is 4.79 Å². The van der Waals surface area contributed by atoms with Crippen molar-refractivity contribution >= 4 is 5.91 Å². The van der Waals surface area contributed by atoms with Gasteiger partial charge in [0, 0.05) is 44.9 Å². The van der Waals surface area contributed by atoms with E-state index in [-0.39, 0.29) is 5.91 Å². The second-order valence-electron chi connectivity index (χ2n) is 6.81. The zero-order valence-corrected chi connectivity index (χ0v) is 15.6. The van der Waals surface area contributed by atoms with E-state index in [1.807, 2.05) is 29.6 Å². The lowest BCUT2D eigenvalue weighted by Gasteiger charge is -2.31. The molecule has 0 bridgehead atoms. The molecule has 1 aliphatic rings. The number of hydrogen-bond donors (Lipinski definition) is 0. The Balaban J connectivity index is 1.41. The van der Waals surface area contributed by atoms with Crippen molar-refractivity contribution in [2.45, 2.75) is 38.6 Å². The molecule has 1 saturated heterocycles. The topological polar surface area (TPSA) is 94.9 Å². The standard InChI is InChI=1S/C18H23N7O2/c1-3-14-16(20-12-27-14)18(26)25-7-4-13(5-8-25)17-22-21-15(23(17)2)10-24-9-6-19-11-24/h6,9,11-13H,3-5,7-8,10H2,1-2H3. The third-order valence-corrected chi connectivity index (χ3v) is 5.19. The molecule has 1 fully saturated rings. The van der Waals surface area contributed by atoms with Crippen molar-refractivity contribution in [1.82, 2.24) is 34.2 Å². The molecule has 0 radical (unpaired) electrons. The summed E-state index contributed by atoms with van der Waals surface area (Å²) in [7, 11) is 2.00. The van der Waals surface area contributed by atoms with Crippen LogP contribution in [0.1, 0.15) is 53.6 Å². The van der Waals surface area contributed by atoms with E-state index in [0.717, 1.165) is 24.5 Å². The smallest absolute Gasteiger partial charge is 0.276 e. The quantitative estimate of drug-likeness (QED) is 0.678. The van der Waals surface area contributed by atoms with E-state index in [1.54, 1.807) is 12.5 Å². The van der Waals surface area contributed by atoms with Crippen LogP contribution >= 0.6 is 0 Å². The third-order valence-electron chi connectivity index (χ3n) is 5.19. The summed E-state index contributed by atoms with van der Waals surface area (Å²) in [5.41, 5.74) is 0.442. The highest BCUT2D eigenvalue weighted by molar-refractivity contribution is 5.93. The van der Waals surface area contributed by atoms with E-state index >= 15 is 0 Å². The largest absolute Gasteiger partial charge is 0.448 e. The van der Waals surface area contributed by atoms with Crippen LogP contribution in [0.5, 0.6) is 0 Å². The van der Waals surface area contributed by atoms with Gasteiger partial charge in [0.15, 0.2) is 17.9 Å². The lowest BCUT2D eigenvalue weighted by atomic mass is 9.95. The normalized spacial score (nSPS) is 15.4. The summed E-state index contributed by atoms with van der Waals surface area (Å²) in [6, 6.07) is 0. The molecular weight excluding hydrogens is 346 g/mol. The maximum atomic E-state index is 12.7. The van der Waals surface area contributed by atoms with Crippen LogP contribution in [-0.4, -0.2) is 53.2 Å². The number of amides is 1. The van der Waals surface area contributed by atoms with Crippen molar-refractivity contribution < 1.29 is 9.21 Å². The summed E-state index contributed by atoms with van der Waals surface area (Å²) in [5, 5.41) is 8.76. The molecule has 142 valence electrons. The molecular formula is C18H23N7O2. The number of rotatable bonds is 5. The molecule has 3 aromatic heterocycles. The fraction of sp³-hybridized carbons (Fsp3) is 0.500. The fourth-order valence-electron chi connectivity index (χ4n) is 3.60. The number of aryl methyl sites for hydroxylation is 1. The van der Waals surface area contributed by atoms with Crippen molar-refractivity contribution in [1.29, 1.82) is 0 Å². The van der Waals surface area contributed by atoms with E-state index in [1.165, 1.54) is 6.39 Å². The first-order valence-electron chi connectivity index (χ1n) is 9.23. The molecule has 0 aliphatic carbocycles. The molecule has 1 amide bonds. The molecule has 0 unspecified atom stereocenters. The van der Waals surface area contributed by atoms with Crippen molar-refractivity contribution in [3.05, 3.63) is 48.2 Å². The van der Waals surface area contributed by atoms with Gasteiger partial charge in [0.1, 0.15) is 11.6 Å². The molecule has 4 rings (SSSR count). The van der Waals surface area contributed by atoms with Gasteiger partial charge in [-0.15, -0.1) is 10.2 Å². The Hall–Kier alpha value is -2.97. The van der Waals surface area contributed by atoms with E-state index in [2.05, 4.69) is 24.7 Å². The minimum absolute atomic E-state index is 0.0437. The van der Waals surface area contributed by atoms with Crippen molar-refractivity contribution in [3.8, 4) is 0 Å². The van der Waals surface area contributed by atoms with Crippen molar-refractivity contribution in [2.24, 2.45) is 7.05 Å². The van der Waals surface area contributed by atoms with Gasteiger partial charge in [0.2, 0.25) is 0 Å². The van der Waals surface area contributed by atoms with Crippen LogP contribution in [0, 0.1) is 0 Å². The molecule has 9 nitrogen and oxygen atoms in total. The van der Waals surface area contributed by atoms with Crippen LogP contribution in [0.3, 0.4) is 0 Å². The van der Waals surface area contributed by atoms with E-state index in [0.29, 0.717) is 43.4 Å². The summed E-state index contributed by atoms with van der Waals surface area (Å²) in [6.07, 6.45) is 9.17. The predicted octanol–water partition coefficient (Wildman–Crippen LogP) is 1.63. The fourth-order valence-corrected chi connectivity index (χ4v) is 3.60. The zero-order valence-electron chi connectivity index (χ0n) is 15.6. The van der Waals surface area contributed by atoms with Crippen LogP contribution in [0.2, 0.25) is 0 Å². The molecule has 3 aromatic rings. The Bertz CT molecular complexity index is 904. The van der Waals surface area contributed by atoms with Gasteiger partial charge in [-0.1, -0.05) is 6.92 Å². The summed E-state index contributed by atoms with van der Waals surface area (Å²) in [4.78, 5) is 22.7. The van der Waals surface area contributed by atoms with Gasteiger partial charge in [0.05, 0.1) is 12.9 Å². The Morgan fingerprint density at radius 2 is 2.11 bits per heavy atom. The van der Waals surface area contributed by atoms with Crippen LogP contribution in [-0.2, 0) is 20.0 Å². The Morgan fingerprint density at radius 3 is 2.81 bits per heavy atom. The highest BCUT2D eigenvalue weighted by Crippen LogP contribution is 2.28. The lowest BCUT2D eigenvalue weighted by Crippen LogP contribution is -2.38. The summed E-state index contributed by atoms with van der Waals surface area (Å²) >= 11 is 0. The zero-order chi connectivity index (χ0) is 18.8. The molecule has 0 atom stereocenters. The number of hydrogen-bond acceptors (Lipinski definition) is 6. The lowest BCUT2D eigenvalue weighted by molar-refractivity contribution is 0.0703. The van der Waals surface area contributed by atoms with Gasteiger partial charge in [0.25, 0.3) is 5.91 Å². The van der Waals surface area contributed by atoms with Gasteiger partial charge in [-0.05, 0) is 12.8 Å². The molecule has 0 spiro atoms. The van der Waals surface area contributed by atoms with Crippen LogP contribution < -0.4 is 0 Å². The van der Waals surface area contributed by atoms with Gasteiger partial charge < -0.3 is 18.5 Å². The Labute approximate surface area is 157 Å². The van der Waals surface area contributed by atoms with Crippen molar-refractivity contribution in [3.63, 3.8) is 0 Å². The molecule has 0 saturated carbocycles. The summed E-state index contributed by atoms with van der Waals surface area (Å²) in [5.74, 6) is 2.79. The van der Waals surface area contributed by atoms with Crippen LogP contribution in [0.4, 0.5) is 0 Å². The minimum Gasteiger partial charge on any atom is -0.448 e. The highest BCUT2D eigenvalue weighted by atomic mass is 16.3. The van der Waals surface area contributed by atoms with Gasteiger partial charge in [-0.2, -0.15) is 0 Å². The average molecular weight is 369 g/mol. The Kier molecular flexibility index (Phi) is 4.74. The first-order valence-corrected chi connectivity index (χ1v) is 9.23. The highest BCUT2D eigenvalue weighted by Gasteiger charge is 2.29. The summed E-state index contributed by atoms with van der Waals surface area (Å²) in [6.45, 7) is 3.97. The number of imidazole rings is 1. The van der Waals surface area contributed by atoms with Gasteiger partial charge >= 0.3 is 0 Å². The molecule has 27 heavy (non-hydrogen) atoms. The predicted molar refractivity (Wildman–Crippen MR) is 96.1 cm³/mol. The van der Waals surface area contributed by atoms with Crippen LogP contribution in [0.25, 0.3) is 0 Å². The Morgan fingerprint density at radius 1 is 1.30 bits per heavy atom. The number of nitrogens with zero attached hydrogens (tertiary/aromatic N) is 7. The number of carbonyl (C=O) groups excluding carboxylic acids is 1. The number of carbonyl (C=O) groups is 1. The van der Waals surface area contributed by atoms with Crippen LogP contribution in [0.15, 0.2) is 29.5 Å². The number of likely N-dealkylation sites (tertiary alicyclic amines) is 1. The van der Waals surface area contributed by atoms with E-state index in [9.17, 15) is 4.79 Å². The minimum atomic E-state index is -0.0437. The monoisotopic (exact) mass is 369 g/mol. The molecule has 1 aliphatic heterocycles.